The first-order valence-electron chi connectivity index (χ1n) is 5.25. The SMILES string of the molecule is O=S(=O)(c1cc(Br)c(O)c(Br)c1)c1cc(Br)c(O)c(Br)c1. The summed E-state index contributed by atoms with van der Waals surface area (Å²) >= 11 is 12.4. The molecule has 0 aromatic heterocycles. The third-order valence-electron chi connectivity index (χ3n) is 2.60. The molecule has 0 fully saturated rings. The smallest absolute Gasteiger partial charge is 0.206 e. The van der Waals surface area contributed by atoms with E-state index in [2.05, 4.69) is 63.7 Å². The van der Waals surface area contributed by atoms with Crippen molar-refractivity contribution in [3.63, 3.8) is 0 Å². The van der Waals surface area contributed by atoms with E-state index < -0.39 is 9.84 Å². The predicted molar refractivity (Wildman–Crippen MR) is 92.5 cm³/mol. The van der Waals surface area contributed by atoms with E-state index in [0.29, 0.717) is 0 Å². The van der Waals surface area contributed by atoms with E-state index in [4.69, 9.17) is 0 Å². The second kappa shape index (κ2) is 6.19. The second-order valence-corrected chi connectivity index (χ2v) is 9.34. The fraction of sp³-hybridized carbons (Fsp3) is 0. The van der Waals surface area contributed by atoms with Crippen molar-refractivity contribution in [2.75, 3.05) is 0 Å². The number of hydrogen-bond donors (Lipinski definition) is 2. The van der Waals surface area contributed by atoms with Gasteiger partial charge in [-0.3, -0.25) is 0 Å². The molecule has 0 radical (unpaired) electrons. The molecule has 21 heavy (non-hydrogen) atoms. The van der Waals surface area contributed by atoms with E-state index in [1.54, 1.807) is 0 Å². The summed E-state index contributed by atoms with van der Waals surface area (Å²) in [5.74, 6) is -0.163. The fourth-order valence-corrected chi connectivity index (χ4v) is 5.87. The fourth-order valence-electron chi connectivity index (χ4n) is 1.53. The number of benzene rings is 2. The minimum Gasteiger partial charge on any atom is -0.506 e. The predicted octanol–water partition coefficient (Wildman–Crippen LogP) is 4.98. The van der Waals surface area contributed by atoms with E-state index in [1.165, 1.54) is 24.3 Å². The molecular formula is C12H6Br4O4S. The Balaban J connectivity index is 2.68. The largest absolute Gasteiger partial charge is 0.506 e. The summed E-state index contributed by atoms with van der Waals surface area (Å²) in [6, 6.07) is 5.24. The van der Waals surface area contributed by atoms with Crippen molar-refractivity contribution < 1.29 is 18.6 Å². The lowest BCUT2D eigenvalue weighted by Gasteiger charge is -2.10. The summed E-state index contributed by atoms with van der Waals surface area (Å²) in [6.07, 6.45) is 0. The molecule has 2 aromatic rings. The Morgan fingerprint density at radius 1 is 0.667 bits per heavy atom. The molecule has 2 N–H and O–H groups in total. The first-order chi connectivity index (χ1) is 9.64. The van der Waals surface area contributed by atoms with Crippen molar-refractivity contribution in [1.82, 2.24) is 0 Å². The summed E-state index contributed by atoms with van der Waals surface area (Å²) in [4.78, 5) is 0.00656. The van der Waals surface area contributed by atoms with Crippen LogP contribution >= 0.6 is 63.7 Å². The van der Waals surface area contributed by atoms with Crippen LogP contribution in [0, 0.1) is 0 Å². The highest BCUT2D eigenvalue weighted by molar-refractivity contribution is 9.11. The number of sulfone groups is 1. The van der Waals surface area contributed by atoms with E-state index >= 15 is 0 Å². The van der Waals surface area contributed by atoms with Crippen LogP contribution in [-0.2, 0) is 9.84 Å². The van der Waals surface area contributed by atoms with Crippen molar-refractivity contribution >= 4 is 73.6 Å². The average molecular weight is 566 g/mol. The third kappa shape index (κ3) is 3.31. The van der Waals surface area contributed by atoms with Gasteiger partial charge in [-0.1, -0.05) is 0 Å². The number of halogens is 4. The summed E-state index contributed by atoms with van der Waals surface area (Å²) in [6.45, 7) is 0. The first-order valence-corrected chi connectivity index (χ1v) is 9.91. The van der Waals surface area contributed by atoms with Crippen LogP contribution in [0.2, 0.25) is 0 Å². The second-order valence-electron chi connectivity index (χ2n) is 3.97. The molecule has 2 aromatic carbocycles. The van der Waals surface area contributed by atoms with E-state index in [0.717, 1.165) is 0 Å². The summed E-state index contributed by atoms with van der Waals surface area (Å²) in [5.41, 5.74) is 0. The minimum absolute atomic E-state index is 0.00328. The molecule has 0 spiro atoms. The number of aromatic hydroxyl groups is 2. The highest BCUT2D eigenvalue weighted by Gasteiger charge is 2.22. The van der Waals surface area contributed by atoms with Crippen LogP contribution in [0.5, 0.6) is 11.5 Å². The number of hydrogen-bond acceptors (Lipinski definition) is 4. The van der Waals surface area contributed by atoms with Crippen molar-refractivity contribution in [1.29, 1.82) is 0 Å². The Hall–Kier alpha value is -0.0900. The van der Waals surface area contributed by atoms with Crippen LogP contribution in [0.25, 0.3) is 0 Å². The van der Waals surface area contributed by atoms with Crippen LogP contribution in [0.1, 0.15) is 0 Å². The minimum atomic E-state index is -3.80. The van der Waals surface area contributed by atoms with Crippen molar-refractivity contribution in [2.45, 2.75) is 9.79 Å². The topological polar surface area (TPSA) is 74.6 Å². The molecule has 9 heteroatoms. The van der Waals surface area contributed by atoms with Gasteiger partial charge in [0, 0.05) is 0 Å². The molecule has 0 aliphatic heterocycles. The maximum absolute atomic E-state index is 12.6. The molecule has 2 rings (SSSR count). The zero-order chi connectivity index (χ0) is 15.9. The Kier molecular flexibility index (Phi) is 5.09. The lowest BCUT2D eigenvalue weighted by molar-refractivity contribution is 0.467. The highest BCUT2D eigenvalue weighted by atomic mass is 79.9. The Morgan fingerprint density at radius 2 is 0.905 bits per heavy atom. The van der Waals surface area contributed by atoms with E-state index in [9.17, 15) is 18.6 Å². The van der Waals surface area contributed by atoms with Gasteiger partial charge >= 0.3 is 0 Å². The molecule has 0 bridgehead atoms. The Morgan fingerprint density at radius 3 is 1.14 bits per heavy atom. The molecule has 4 nitrogen and oxygen atoms in total. The van der Waals surface area contributed by atoms with Crippen LogP contribution in [0.4, 0.5) is 0 Å². The lowest BCUT2D eigenvalue weighted by Crippen LogP contribution is -2.02. The molecule has 112 valence electrons. The average Bonchev–Trinajstić information content (AvgIpc) is 2.40. The third-order valence-corrected chi connectivity index (χ3v) is 6.73. The standard InChI is InChI=1S/C12H6Br4O4S/c13-7-1-5(2-8(14)11(7)17)21(19,20)6-3-9(15)12(18)10(16)4-6/h1-4,17-18H. The van der Waals surface area contributed by atoms with Crippen molar-refractivity contribution in [3.05, 3.63) is 42.2 Å². The van der Waals surface area contributed by atoms with Gasteiger partial charge in [-0.2, -0.15) is 0 Å². The molecule has 0 aliphatic rings. The van der Waals surface area contributed by atoms with E-state index in [-0.39, 0.29) is 39.2 Å². The summed E-state index contributed by atoms with van der Waals surface area (Å²) in [5, 5.41) is 19.3. The summed E-state index contributed by atoms with van der Waals surface area (Å²) < 4.78 is 26.3. The van der Waals surface area contributed by atoms with Crippen LogP contribution in [-0.4, -0.2) is 18.6 Å². The van der Waals surface area contributed by atoms with Crippen molar-refractivity contribution in [3.8, 4) is 11.5 Å². The van der Waals surface area contributed by atoms with E-state index in [1.807, 2.05) is 0 Å². The zero-order valence-electron chi connectivity index (χ0n) is 9.94. The normalized spacial score (nSPS) is 11.6. The molecule has 0 aliphatic carbocycles. The molecule has 0 amide bonds. The van der Waals surface area contributed by atoms with Gasteiger partial charge in [0.1, 0.15) is 11.5 Å². The summed E-state index contributed by atoms with van der Waals surface area (Å²) in [7, 11) is -3.80. The number of phenolic OH excluding ortho intramolecular Hbond substituents is 2. The van der Waals surface area contributed by atoms with Crippen LogP contribution < -0.4 is 0 Å². The molecule has 0 atom stereocenters. The zero-order valence-corrected chi connectivity index (χ0v) is 17.1. The quantitative estimate of drug-likeness (QED) is 0.539. The van der Waals surface area contributed by atoms with Gasteiger partial charge in [-0.15, -0.1) is 0 Å². The molecular weight excluding hydrogens is 560 g/mol. The molecule has 0 saturated carbocycles. The molecule has 0 saturated heterocycles. The monoisotopic (exact) mass is 562 g/mol. The molecule has 0 unspecified atom stereocenters. The lowest BCUT2D eigenvalue weighted by atomic mass is 10.3. The maximum atomic E-state index is 12.6. The van der Waals surface area contributed by atoms with Gasteiger partial charge in [0.2, 0.25) is 9.84 Å². The van der Waals surface area contributed by atoms with Gasteiger partial charge < -0.3 is 10.2 Å². The van der Waals surface area contributed by atoms with Gasteiger partial charge in [0.05, 0.1) is 27.7 Å². The van der Waals surface area contributed by atoms with Crippen LogP contribution in [0.15, 0.2) is 51.9 Å². The van der Waals surface area contributed by atoms with Gasteiger partial charge in [0.15, 0.2) is 0 Å². The number of rotatable bonds is 2. The Labute approximate surface area is 154 Å². The first kappa shape index (κ1) is 17.3. The van der Waals surface area contributed by atoms with Gasteiger partial charge in [-0.05, 0) is 88.0 Å². The Bertz CT molecular complexity index is 724. The molecule has 0 heterocycles. The van der Waals surface area contributed by atoms with Gasteiger partial charge in [-0.25, -0.2) is 8.42 Å². The highest BCUT2D eigenvalue weighted by Crippen LogP contribution is 2.39. The maximum Gasteiger partial charge on any atom is 0.206 e. The number of phenols is 2. The van der Waals surface area contributed by atoms with Gasteiger partial charge in [0.25, 0.3) is 0 Å². The van der Waals surface area contributed by atoms with Crippen molar-refractivity contribution in [2.24, 2.45) is 0 Å². The van der Waals surface area contributed by atoms with Crippen LogP contribution in [0.3, 0.4) is 0 Å².